The highest BCUT2D eigenvalue weighted by Crippen LogP contribution is 2.27. The van der Waals surface area contributed by atoms with Gasteiger partial charge in [0.1, 0.15) is 11.4 Å². The van der Waals surface area contributed by atoms with Gasteiger partial charge in [-0.05, 0) is 61.9 Å². The van der Waals surface area contributed by atoms with Gasteiger partial charge in [-0.15, -0.1) is 0 Å². The Labute approximate surface area is 209 Å². The largest absolute Gasteiger partial charge is 0.464 e. The van der Waals surface area contributed by atoms with Gasteiger partial charge < -0.3 is 20.0 Å². The van der Waals surface area contributed by atoms with Crippen LogP contribution >= 0.6 is 11.6 Å². The lowest BCUT2D eigenvalue weighted by Gasteiger charge is -2.29. The summed E-state index contributed by atoms with van der Waals surface area (Å²) in [4.78, 5) is 24.3. The van der Waals surface area contributed by atoms with E-state index in [4.69, 9.17) is 26.0 Å². The zero-order valence-electron chi connectivity index (χ0n) is 20.1. The van der Waals surface area contributed by atoms with Crippen molar-refractivity contribution < 1.29 is 4.42 Å². The average molecular weight is 492 g/mol. The second-order valence-corrected chi connectivity index (χ2v) is 9.93. The van der Waals surface area contributed by atoms with Crippen LogP contribution in [0, 0.1) is 5.92 Å². The molecule has 182 valence electrons. The monoisotopic (exact) mass is 491 g/mol. The molecular formula is C27H30ClN5O2. The lowest BCUT2D eigenvalue weighted by atomic mass is 9.86. The maximum Gasteiger partial charge on any atom is 0.225 e. The first-order valence-corrected chi connectivity index (χ1v) is 12.5. The van der Waals surface area contributed by atoms with Crippen LogP contribution in [0.2, 0.25) is 5.02 Å². The Morgan fingerprint density at radius 3 is 2.66 bits per heavy atom. The minimum atomic E-state index is -0.0217. The Bertz CT molecular complexity index is 1400. The van der Waals surface area contributed by atoms with Crippen molar-refractivity contribution >= 4 is 45.2 Å². The predicted molar refractivity (Wildman–Crippen MR) is 142 cm³/mol. The molecule has 2 aromatic carbocycles. The van der Waals surface area contributed by atoms with E-state index in [0.29, 0.717) is 46.0 Å². The van der Waals surface area contributed by atoms with Crippen LogP contribution in [0.3, 0.4) is 0 Å². The molecule has 2 heterocycles. The number of hydrogen-bond donors (Lipinski definition) is 2. The number of hydrogen-bond acceptors (Lipinski definition) is 7. The third-order valence-electron chi connectivity index (χ3n) is 6.79. The fraction of sp³-hybridized carbons (Fsp3) is 0.370. The second-order valence-electron chi connectivity index (χ2n) is 9.49. The van der Waals surface area contributed by atoms with Crippen molar-refractivity contribution in [2.75, 3.05) is 30.9 Å². The highest BCUT2D eigenvalue weighted by atomic mass is 35.5. The molecular weight excluding hydrogens is 462 g/mol. The summed E-state index contributed by atoms with van der Waals surface area (Å²) in [6, 6.07) is 13.6. The van der Waals surface area contributed by atoms with Crippen LogP contribution in [0.25, 0.3) is 21.9 Å². The first-order chi connectivity index (χ1) is 17.0. The maximum atomic E-state index is 12.8. The van der Waals surface area contributed by atoms with Crippen LogP contribution < -0.4 is 21.0 Å². The zero-order chi connectivity index (χ0) is 24.4. The molecule has 0 amide bonds. The van der Waals surface area contributed by atoms with Crippen LogP contribution in [-0.4, -0.2) is 36.6 Å². The molecule has 7 nitrogen and oxygen atoms in total. The molecule has 35 heavy (non-hydrogen) atoms. The van der Waals surface area contributed by atoms with Gasteiger partial charge in [0.05, 0.1) is 17.2 Å². The predicted octanol–water partition coefficient (Wildman–Crippen LogP) is 5.22. The Morgan fingerprint density at radius 1 is 1.06 bits per heavy atom. The van der Waals surface area contributed by atoms with Gasteiger partial charge in [0, 0.05) is 49.2 Å². The van der Waals surface area contributed by atoms with Crippen molar-refractivity contribution in [3.8, 4) is 0 Å². The van der Waals surface area contributed by atoms with Gasteiger partial charge in [-0.25, -0.2) is 4.98 Å². The topological polar surface area (TPSA) is 83.3 Å². The van der Waals surface area contributed by atoms with E-state index in [9.17, 15) is 4.79 Å². The van der Waals surface area contributed by atoms with Crippen LogP contribution in [0.5, 0.6) is 0 Å². The van der Waals surface area contributed by atoms with E-state index in [1.165, 1.54) is 0 Å². The number of halogens is 1. The summed E-state index contributed by atoms with van der Waals surface area (Å²) in [6.45, 7) is 1.35. The number of para-hydroxylation sites is 1. The minimum Gasteiger partial charge on any atom is -0.464 e. The summed E-state index contributed by atoms with van der Waals surface area (Å²) in [5, 5.41) is 9.14. The SMILES string of the molecule is CN(C)c1nc(NCC2CCC(NCc3coc4ccc(Cl)cc4c3=O)CC2)nc2ccccc12. The summed E-state index contributed by atoms with van der Waals surface area (Å²) in [5.74, 6) is 2.17. The number of aromatic nitrogens is 2. The van der Waals surface area contributed by atoms with Crippen LogP contribution in [0.4, 0.5) is 11.8 Å². The van der Waals surface area contributed by atoms with Crippen LogP contribution in [0.1, 0.15) is 31.2 Å². The van der Waals surface area contributed by atoms with Gasteiger partial charge in [0.2, 0.25) is 5.95 Å². The Kier molecular flexibility index (Phi) is 6.88. The number of nitrogens with one attached hydrogen (secondary N) is 2. The molecule has 0 bridgehead atoms. The molecule has 5 rings (SSSR count). The summed E-state index contributed by atoms with van der Waals surface area (Å²) in [5.41, 5.74) is 2.12. The average Bonchev–Trinajstić information content (AvgIpc) is 2.87. The van der Waals surface area contributed by atoms with E-state index in [2.05, 4.69) is 16.7 Å². The van der Waals surface area contributed by atoms with Crippen molar-refractivity contribution in [1.29, 1.82) is 0 Å². The number of nitrogens with zero attached hydrogens (tertiary/aromatic N) is 3. The number of rotatable bonds is 7. The first-order valence-electron chi connectivity index (χ1n) is 12.1. The van der Waals surface area contributed by atoms with Gasteiger partial charge in [0.15, 0.2) is 5.43 Å². The molecule has 0 spiro atoms. The van der Waals surface area contributed by atoms with Crippen LogP contribution in [0.15, 0.2) is 57.9 Å². The molecule has 0 saturated heterocycles. The number of benzene rings is 2. The summed E-state index contributed by atoms with van der Waals surface area (Å²) in [7, 11) is 4.01. The molecule has 2 N–H and O–H groups in total. The summed E-state index contributed by atoms with van der Waals surface area (Å²) in [6.07, 6.45) is 5.92. The lowest BCUT2D eigenvalue weighted by Crippen LogP contribution is -2.35. The van der Waals surface area contributed by atoms with E-state index in [0.717, 1.165) is 48.9 Å². The Balaban J connectivity index is 1.15. The van der Waals surface area contributed by atoms with Crippen molar-refractivity contribution in [3.05, 3.63) is 69.5 Å². The Morgan fingerprint density at radius 2 is 1.86 bits per heavy atom. The van der Waals surface area contributed by atoms with Gasteiger partial charge in [-0.3, -0.25) is 4.79 Å². The molecule has 1 fully saturated rings. The smallest absolute Gasteiger partial charge is 0.225 e. The van der Waals surface area contributed by atoms with Gasteiger partial charge in [-0.2, -0.15) is 4.98 Å². The molecule has 1 aliphatic carbocycles. The normalized spacial score (nSPS) is 18.1. The van der Waals surface area contributed by atoms with Crippen LogP contribution in [-0.2, 0) is 6.54 Å². The summed E-state index contributed by atoms with van der Waals surface area (Å²) >= 11 is 6.06. The van der Waals surface area contributed by atoms with Gasteiger partial charge in [-0.1, -0.05) is 23.7 Å². The highest BCUT2D eigenvalue weighted by Gasteiger charge is 2.22. The molecule has 4 aromatic rings. The number of anilines is 2. The lowest BCUT2D eigenvalue weighted by molar-refractivity contribution is 0.299. The van der Waals surface area contributed by atoms with E-state index < -0.39 is 0 Å². The third kappa shape index (κ3) is 5.26. The molecule has 0 aliphatic heterocycles. The minimum absolute atomic E-state index is 0.0217. The summed E-state index contributed by atoms with van der Waals surface area (Å²) < 4.78 is 5.64. The van der Waals surface area contributed by atoms with E-state index in [1.54, 1.807) is 24.5 Å². The Hall–Kier alpha value is -3.16. The molecule has 1 aliphatic rings. The molecule has 2 aromatic heterocycles. The first kappa shape index (κ1) is 23.6. The van der Waals surface area contributed by atoms with Crippen molar-refractivity contribution in [2.45, 2.75) is 38.3 Å². The molecule has 0 radical (unpaired) electrons. The van der Waals surface area contributed by atoms with E-state index in [1.807, 2.05) is 37.2 Å². The number of fused-ring (bicyclic) bond motifs is 2. The van der Waals surface area contributed by atoms with Crippen molar-refractivity contribution in [3.63, 3.8) is 0 Å². The standard InChI is InChI=1S/C27H30ClN5O2/c1-33(2)26-21-5-3-4-6-23(21)31-27(32-26)30-14-17-7-10-20(11-8-17)29-15-18-16-35-24-12-9-19(28)13-22(24)25(18)34/h3-6,9,12-13,16-17,20,29H,7-8,10-11,14-15H2,1-2H3,(H,30,31,32). The molecule has 8 heteroatoms. The maximum absolute atomic E-state index is 12.8. The van der Waals surface area contributed by atoms with Gasteiger partial charge >= 0.3 is 0 Å². The van der Waals surface area contributed by atoms with Crippen molar-refractivity contribution in [2.24, 2.45) is 5.92 Å². The molecule has 0 atom stereocenters. The van der Waals surface area contributed by atoms with Crippen molar-refractivity contribution in [1.82, 2.24) is 15.3 Å². The highest BCUT2D eigenvalue weighted by molar-refractivity contribution is 6.31. The van der Waals surface area contributed by atoms with Gasteiger partial charge in [0.25, 0.3) is 0 Å². The third-order valence-corrected chi connectivity index (χ3v) is 7.02. The molecule has 1 saturated carbocycles. The quantitative estimate of drug-likeness (QED) is 0.367. The van der Waals surface area contributed by atoms with E-state index >= 15 is 0 Å². The van der Waals surface area contributed by atoms with E-state index in [-0.39, 0.29) is 5.43 Å². The fourth-order valence-electron chi connectivity index (χ4n) is 4.81. The molecule has 0 unspecified atom stereocenters. The zero-order valence-corrected chi connectivity index (χ0v) is 20.8. The fourth-order valence-corrected chi connectivity index (χ4v) is 4.98. The second kappa shape index (κ2) is 10.2.